The topological polar surface area (TPSA) is 114 Å². The highest BCUT2D eigenvalue weighted by atomic mass is 16.5. The first kappa shape index (κ1) is 24.3. The molecule has 3 rings (SSSR count). The molecule has 2 amide bonds. The van der Waals surface area contributed by atoms with Crippen LogP contribution in [0.25, 0.3) is 11.1 Å². The highest BCUT2D eigenvalue weighted by Crippen LogP contribution is 2.44. The number of rotatable bonds is 12. The lowest BCUT2D eigenvalue weighted by atomic mass is 9.98. The minimum Gasteiger partial charge on any atom is -0.480 e. The molecule has 0 radical (unpaired) electrons. The summed E-state index contributed by atoms with van der Waals surface area (Å²) in [5.41, 5.74) is 4.70. The number of hydrogen-bond acceptors (Lipinski definition) is 5. The van der Waals surface area contributed by atoms with Crippen LogP contribution in [0.3, 0.4) is 0 Å². The molecule has 0 fully saturated rings. The molecule has 1 atom stereocenters. The molecule has 176 valence electrons. The van der Waals surface area contributed by atoms with Gasteiger partial charge in [-0.2, -0.15) is 0 Å². The van der Waals surface area contributed by atoms with Crippen molar-refractivity contribution < 1.29 is 29.0 Å². The SMILES string of the molecule is CC(CCCC(=O)NCCOCC(=O)O)NC(=O)OCC1c2ccccc2-c2ccccc21. The molecule has 0 saturated heterocycles. The van der Waals surface area contributed by atoms with Crippen LogP contribution < -0.4 is 10.6 Å². The zero-order chi connectivity index (χ0) is 23.6. The Hall–Kier alpha value is -3.39. The largest absolute Gasteiger partial charge is 0.480 e. The Morgan fingerprint density at radius 3 is 2.30 bits per heavy atom. The molecule has 0 aromatic heterocycles. The van der Waals surface area contributed by atoms with E-state index in [0.717, 1.165) is 0 Å². The first-order chi connectivity index (χ1) is 16.0. The average Bonchev–Trinajstić information content (AvgIpc) is 3.11. The van der Waals surface area contributed by atoms with Crippen molar-refractivity contribution in [3.8, 4) is 11.1 Å². The van der Waals surface area contributed by atoms with E-state index in [1.165, 1.54) is 22.3 Å². The highest BCUT2D eigenvalue weighted by molar-refractivity contribution is 5.79. The van der Waals surface area contributed by atoms with Gasteiger partial charge in [-0.05, 0) is 42.0 Å². The normalized spacial score (nSPS) is 13.0. The summed E-state index contributed by atoms with van der Waals surface area (Å²) in [6.07, 6.45) is 1.08. The molecule has 3 N–H and O–H groups in total. The van der Waals surface area contributed by atoms with Crippen molar-refractivity contribution in [2.45, 2.75) is 38.1 Å². The lowest BCUT2D eigenvalue weighted by Crippen LogP contribution is -2.34. The van der Waals surface area contributed by atoms with Crippen LogP contribution in [0.15, 0.2) is 48.5 Å². The molecule has 33 heavy (non-hydrogen) atoms. The van der Waals surface area contributed by atoms with E-state index in [2.05, 4.69) is 34.9 Å². The van der Waals surface area contributed by atoms with Gasteiger partial charge >= 0.3 is 12.1 Å². The van der Waals surface area contributed by atoms with Crippen LogP contribution in [0.1, 0.15) is 43.2 Å². The number of nitrogens with one attached hydrogen (secondary N) is 2. The third-order valence-corrected chi connectivity index (χ3v) is 5.54. The van der Waals surface area contributed by atoms with Crippen LogP contribution in [-0.4, -0.2) is 55.5 Å². The minimum absolute atomic E-state index is 0.0154. The van der Waals surface area contributed by atoms with Crippen LogP contribution in [0.4, 0.5) is 4.79 Å². The van der Waals surface area contributed by atoms with Crippen molar-refractivity contribution in [1.82, 2.24) is 10.6 Å². The molecule has 0 heterocycles. The average molecular weight is 455 g/mol. The summed E-state index contributed by atoms with van der Waals surface area (Å²) in [6, 6.07) is 16.2. The monoisotopic (exact) mass is 454 g/mol. The third kappa shape index (κ3) is 7.05. The van der Waals surface area contributed by atoms with Crippen LogP contribution in [-0.2, 0) is 19.1 Å². The highest BCUT2D eigenvalue weighted by Gasteiger charge is 2.29. The zero-order valence-electron chi connectivity index (χ0n) is 18.7. The fourth-order valence-electron chi connectivity index (χ4n) is 3.99. The predicted molar refractivity (Wildman–Crippen MR) is 123 cm³/mol. The number of fused-ring (bicyclic) bond motifs is 3. The van der Waals surface area contributed by atoms with Gasteiger partial charge < -0.3 is 25.2 Å². The van der Waals surface area contributed by atoms with Gasteiger partial charge in [-0.3, -0.25) is 4.79 Å². The number of carbonyl (C=O) groups excluding carboxylic acids is 2. The van der Waals surface area contributed by atoms with Crippen molar-refractivity contribution in [3.63, 3.8) is 0 Å². The molecular formula is C25H30N2O6. The summed E-state index contributed by atoms with van der Waals surface area (Å²) in [6.45, 7) is 2.17. The van der Waals surface area contributed by atoms with E-state index in [4.69, 9.17) is 14.6 Å². The van der Waals surface area contributed by atoms with Crippen LogP contribution in [0, 0.1) is 0 Å². The number of ether oxygens (including phenoxy) is 2. The van der Waals surface area contributed by atoms with Gasteiger partial charge in [0.15, 0.2) is 0 Å². The summed E-state index contributed by atoms with van der Waals surface area (Å²) in [5.74, 6) is -1.16. The lowest BCUT2D eigenvalue weighted by Gasteiger charge is -2.17. The van der Waals surface area contributed by atoms with E-state index in [-0.39, 0.29) is 44.2 Å². The molecule has 0 spiro atoms. The minimum atomic E-state index is -1.04. The summed E-state index contributed by atoms with van der Waals surface area (Å²) < 4.78 is 10.4. The summed E-state index contributed by atoms with van der Waals surface area (Å²) in [7, 11) is 0. The second-order valence-corrected chi connectivity index (χ2v) is 8.06. The number of hydrogen-bond donors (Lipinski definition) is 3. The second-order valence-electron chi connectivity index (χ2n) is 8.06. The Morgan fingerprint density at radius 1 is 1.03 bits per heavy atom. The summed E-state index contributed by atoms with van der Waals surface area (Å²) >= 11 is 0. The van der Waals surface area contributed by atoms with Crippen LogP contribution >= 0.6 is 0 Å². The standard InChI is InChI=1S/C25H30N2O6/c1-17(7-6-12-23(28)26-13-14-32-16-24(29)30)27-25(31)33-15-22-20-10-4-2-8-18(20)19-9-3-5-11-21(19)22/h2-5,8-11,17,22H,6-7,12-16H2,1H3,(H,26,28)(H,27,31)(H,29,30). The zero-order valence-corrected chi connectivity index (χ0v) is 18.7. The number of carbonyl (C=O) groups is 3. The molecule has 0 saturated carbocycles. The number of benzene rings is 2. The van der Waals surface area contributed by atoms with Gasteiger partial charge in [0.1, 0.15) is 13.2 Å². The Kier molecular flexibility index (Phi) is 8.83. The fraction of sp³-hybridized carbons (Fsp3) is 0.400. The van der Waals surface area contributed by atoms with E-state index in [9.17, 15) is 14.4 Å². The molecule has 1 aliphatic carbocycles. The Bertz CT molecular complexity index is 931. The molecule has 0 bridgehead atoms. The quantitative estimate of drug-likeness (QED) is 0.424. The molecule has 2 aromatic rings. The molecule has 1 unspecified atom stereocenters. The van der Waals surface area contributed by atoms with Gasteiger partial charge in [-0.1, -0.05) is 48.5 Å². The van der Waals surface area contributed by atoms with Gasteiger partial charge in [-0.25, -0.2) is 9.59 Å². The summed E-state index contributed by atoms with van der Waals surface area (Å²) in [4.78, 5) is 34.4. The molecule has 0 aliphatic heterocycles. The Balaban J connectivity index is 1.35. The number of alkyl carbamates (subject to hydrolysis) is 1. The van der Waals surface area contributed by atoms with Crippen molar-refractivity contribution in [2.75, 3.05) is 26.4 Å². The van der Waals surface area contributed by atoms with E-state index in [1.54, 1.807) is 0 Å². The Labute approximate surface area is 193 Å². The molecule has 1 aliphatic rings. The molecule has 2 aromatic carbocycles. The van der Waals surface area contributed by atoms with E-state index in [0.29, 0.717) is 19.3 Å². The van der Waals surface area contributed by atoms with Crippen molar-refractivity contribution >= 4 is 18.0 Å². The maximum Gasteiger partial charge on any atom is 0.407 e. The molecular weight excluding hydrogens is 424 g/mol. The lowest BCUT2D eigenvalue weighted by molar-refractivity contribution is -0.142. The third-order valence-electron chi connectivity index (χ3n) is 5.54. The van der Waals surface area contributed by atoms with Crippen molar-refractivity contribution in [1.29, 1.82) is 0 Å². The van der Waals surface area contributed by atoms with Crippen molar-refractivity contribution in [2.24, 2.45) is 0 Å². The van der Waals surface area contributed by atoms with Gasteiger partial charge in [-0.15, -0.1) is 0 Å². The number of carboxylic acids is 1. The Morgan fingerprint density at radius 2 is 1.67 bits per heavy atom. The molecule has 8 nitrogen and oxygen atoms in total. The maximum atomic E-state index is 12.3. The predicted octanol–water partition coefficient (Wildman–Crippen LogP) is 3.30. The maximum absolute atomic E-state index is 12.3. The van der Waals surface area contributed by atoms with Crippen LogP contribution in [0.2, 0.25) is 0 Å². The van der Waals surface area contributed by atoms with E-state index in [1.807, 2.05) is 31.2 Å². The van der Waals surface area contributed by atoms with E-state index < -0.39 is 12.1 Å². The fourth-order valence-corrected chi connectivity index (χ4v) is 3.99. The first-order valence-electron chi connectivity index (χ1n) is 11.1. The van der Waals surface area contributed by atoms with Crippen molar-refractivity contribution in [3.05, 3.63) is 59.7 Å². The van der Waals surface area contributed by atoms with Gasteiger partial charge in [0.05, 0.1) is 6.61 Å². The van der Waals surface area contributed by atoms with Gasteiger partial charge in [0.25, 0.3) is 0 Å². The number of carboxylic acid groups (broad SMARTS) is 1. The smallest absolute Gasteiger partial charge is 0.407 e. The van der Waals surface area contributed by atoms with Gasteiger partial charge in [0, 0.05) is 24.9 Å². The van der Waals surface area contributed by atoms with Crippen LogP contribution in [0.5, 0.6) is 0 Å². The second kappa shape index (κ2) is 12.0. The van der Waals surface area contributed by atoms with Gasteiger partial charge in [0.2, 0.25) is 5.91 Å². The first-order valence-corrected chi connectivity index (χ1v) is 11.1. The number of amides is 2. The number of aliphatic carboxylic acids is 1. The molecule has 8 heteroatoms. The van der Waals surface area contributed by atoms with E-state index >= 15 is 0 Å². The summed E-state index contributed by atoms with van der Waals surface area (Å²) in [5, 5.41) is 14.0.